The molecule has 2 heteroatoms. The van der Waals surface area contributed by atoms with Gasteiger partial charge in [0.1, 0.15) is 5.75 Å². The Morgan fingerprint density at radius 2 is 1.95 bits per heavy atom. The minimum Gasteiger partial charge on any atom is -0.493 e. The highest BCUT2D eigenvalue weighted by molar-refractivity contribution is 5.95. The number of Topliss-reactive ketones (excluding diaryl/α,β-unsaturated/α-hetero) is 1. The molecule has 1 aliphatic rings. The number of carbonyl (C=O) groups is 1. The van der Waals surface area contributed by atoms with Crippen molar-refractivity contribution in [3.8, 4) is 5.75 Å². The molecule has 3 rings (SSSR count). The molecule has 20 heavy (non-hydrogen) atoms. The van der Waals surface area contributed by atoms with E-state index in [2.05, 4.69) is 18.2 Å². The Morgan fingerprint density at radius 3 is 2.80 bits per heavy atom. The molecule has 0 amide bonds. The molecule has 0 bridgehead atoms. The van der Waals surface area contributed by atoms with Crippen molar-refractivity contribution in [1.29, 1.82) is 0 Å². The van der Waals surface area contributed by atoms with Crippen LogP contribution in [0.5, 0.6) is 5.75 Å². The van der Waals surface area contributed by atoms with E-state index in [1.165, 1.54) is 11.1 Å². The fourth-order valence-corrected chi connectivity index (χ4v) is 2.62. The number of aryl methyl sites for hydroxylation is 1. The highest BCUT2D eigenvalue weighted by Crippen LogP contribution is 2.26. The van der Waals surface area contributed by atoms with E-state index in [1.54, 1.807) is 0 Å². The summed E-state index contributed by atoms with van der Waals surface area (Å²) < 4.78 is 5.50. The van der Waals surface area contributed by atoms with E-state index in [4.69, 9.17) is 4.74 Å². The van der Waals surface area contributed by atoms with Gasteiger partial charge in [-0.25, -0.2) is 0 Å². The summed E-state index contributed by atoms with van der Waals surface area (Å²) >= 11 is 0. The van der Waals surface area contributed by atoms with Gasteiger partial charge in [0.15, 0.2) is 5.78 Å². The van der Waals surface area contributed by atoms with Crippen LogP contribution in [-0.4, -0.2) is 12.4 Å². The van der Waals surface area contributed by atoms with E-state index in [-0.39, 0.29) is 5.78 Å². The first-order valence-electron chi connectivity index (χ1n) is 7.16. The Labute approximate surface area is 119 Å². The van der Waals surface area contributed by atoms with Crippen molar-refractivity contribution in [2.75, 3.05) is 6.61 Å². The second kappa shape index (κ2) is 5.91. The number of ketones is 1. The Morgan fingerprint density at radius 1 is 1.10 bits per heavy atom. The average molecular weight is 266 g/mol. The predicted octanol–water partition coefficient (Wildman–Crippen LogP) is 3.83. The summed E-state index contributed by atoms with van der Waals surface area (Å²) in [4.78, 5) is 12.0. The smallest absolute Gasteiger partial charge is 0.162 e. The van der Waals surface area contributed by atoms with Gasteiger partial charge in [0.05, 0.1) is 6.61 Å². The van der Waals surface area contributed by atoms with Crippen LogP contribution in [0.3, 0.4) is 0 Å². The molecule has 1 aliphatic heterocycles. The van der Waals surface area contributed by atoms with Gasteiger partial charge in [-0.15, -0.1) is 0 Å². The van der Waals surface area contributed by atoms with Gasteiger partial charge in [-0.05, 0) is 30.0 Å². The molecule has 0 unspecified atom stereocenters. The summed E-state index contributed by atoms with van der Waals surface area (Å²) in [5.74, 6) is 1.25. The van der Waals surface area contributed by atoms with Gasteiger partial charge in [0.25, 0.3) is 0 Å². The molecule has 2 aromatic rings. The second-order valence-electron chi connectivity index (χ2n) is 5.18. The topological polar surface area (TPSA) is 26.3 Å². The zero-order chi connectivity index (χ0) is 13.8. The van der Waals surface area contributed by atoms with E-state index in [1.807, 2.05) is 30.3 Å². The standard InChI is InChI=1S/C18H18O2/c19-17(15-6-2-1-3-7-15)8-4-5-14-9-10-18-16(13-14)11-12-20-18/h1-3,6-7,9-10,13H,4-5,8,11-12H2. The van der Waals surface area contributed by atoms with Crippen LogP contribution >= 0.6 is 0 Å². The van der Waals surface area contributed by atoms with Gasteiger partial charge in [0, 0.05) is 18.4 Å². The number of ether oxygens (including phenoxy) is 1. The third kappa shape index (κ3) is 2.90. The Kier molecular flexibility index (Phi) is 3.82. The van der Waals surface area contributed by atoms with Crippen LogP contribution in [-0.2, 0) is 12.8 Å². The highest BCUT2D eigenvalue weighted by atomic mass is 16.5. The molecule has 1 heterocycles. The Balaban J connectivity index is 1.54. The van der Waals surface area contributed by atoms with Crippen molar-refractivity contribution in [1.82, 2.24) is 0 Å². The number of rotatable bonds is 5. The third-order valence-electron chi connectivity index (χ3n) is 3.72. The summed E-state index contributed by atoms with van der Waals surface area (Å²) in [6.45, 7) is 0.797. The molecule has 0 spiro atoms. The summed E-state index contributed by atoms with van der Waals surface area (Å²) in [5, 5.41) is 0. The van der Waals surface area contributed by atoms with Crippen LogP contribution in [0.25, 0.3) is 0 Å². The quantitative estimate of drug-likeness (QED) is 0.769. The first-order chi connectivity index (χ1) is 9.83. The molecule has 0 fully saturated rings. The largest absolute Gasteiger partial charge is 0.493 e. The summed E-state index contributed by atoms with van der Waals surface area (Å²) in [7, 11) is 0. The number of benzene rings is 2. The lowest BCUT2D eigenvalue weighted by molar-refractivity contribution is 0.0980. The van der Waals surface area contributed by atoms with Crippen molar-refractivity contribution < 1.29 is 9.53 Å². The van der Waals surface area contributed by atoms with Crippen molar-refractivity contribution in [2.45, 2.75) is 25.7 Å². The maximum atomic E-state index is 12.0. The maximum absolute atomic E-state index is 12.0. The minimum absolute atomic E-state index is 0.232. The maximum Gasteiger partial charge on any atom is 0.162 e. The first-order valence-corrected chi connectivity index (χ1v) is 7.16. The lowest BCUT2D eigenvalue weighted by atomic mass is 10.0. The zero-order valence-electron chi connectivity index (χ0n) is 11.5. The van der Waals surface area contributed by atoms with Crippen molar-refractivity contribution in [2.24, 2.45) is 0 Å². The summed E-state index contributed by atoms with van der Waals surface area (Å²) in [6, 6.07) is 15.9. The molecule has 0 atom stereocenters. The summed E-state index contributed by atoms with van der Waals surface area (Å²) in [5.41, 5.74) is 3.42. The summed E-state index contributed by atoms with van der Waals surface area (Å²) in [6.07, 6.45) is 3.46. The molecule has 0 saturated carbocycles. The van der Waals surface area contributed by atoms with Crippen molar-refractivity contribution in [3.63, 3.8) is 0 Å². The van der Waals surface area contributed by atoms with Gasteiger partial charge in [-0.3, -0.25) is 4.79 Å². The van der Waals surface area contributed by atoms with Gasteiger partial charge in [-0.2, -0.15) is 0 Å². The lowest BCUT2D eigenvalue weighted by Crippen LogP contribution is -1.99. The molecule has 0 saturated heterocycles. The van der Waals surface area contributed by atoms with E-state index >= 15 is 0 Å². The van der Waals surface area contributed by atoms with Gasteiger partial charge in [0.2, 0.25) is 0 Å². The highest BCUT2D eigenvalue weighted by Gasteiger charge is 2.12. The molecule has 0 aromatic heterocycles. The monoisotopic (exact) mass is 266 g/mol. The fourth-order valence-electron chi connectivity index (χ4n) is 2.62. The predicted molar refractivity (Wildman–Crippen MR) is 79.4 cm³/mol. The van der Waals surface area contributed by atoms with E-state index < -0.39 is 0 Å². The fraction of sp³-hybridized carbons (Fsp3) is 0.278. The van der Waals surface area contributed by atoms with Crippen LogP contribution in [0.1, 0.15) is 34.3 Å². The number of hydrogen-bond acceptors (Lipinski definition) is 2. The van der Waals surface area contributed by atoms with E-state index in [0.29, 0.717) is 6.42 Å². The SMILES string of the molecule is O=C(CCCc1ccc2c(c1)CCO2)c1ccccc1. The normalized spacial score (nSPS) is 12.8. The molecular formula is C18H18O2. The van der Waals surface area contributed by atoms with Crippen molar-refractivity contribution in [3.05, 3.63) is 65.2 Å². The Bertz CT molecular complexity index is 602. The van der Waals surface area contributed by atoms with Crippen LogP contribution in [0.15, 0.2) is 48.5 Å². The zero-order valence-corrected chi connectivity index (χ0v) is 11.5. The molecule has 2 aromatic carbocycles. The lowest BCUT2D eigenvalue weighted by Gasteiger charge is -2.04. The number of fused-ring (bicyclic) bond motifs is 1. The molecular weight excluding hydrogens is 248 g/mol. The minimum atomic E-state index is 0.232. The number of hydrogen-bond donors (Lipinski definition) is 0. The van der Waals surface area contributed by atoms with E-state index in [9.17, 15) is 4.79 Å². The van der Waals surface area contributed by atoms with Crippen LogP contribution in [0.2, 0.25) is 0 Å². The van der Waals surface area contributed by atoms with Crippen LogP contribution < -0.4 is 4.74 Å². The molecule has 0 N–H and O–H groups in total. The third-order valence-corrected chi connectivity index (χ3v) is 3.72. The average Bonchev–Trinajstić information content (AvgIpc) is 2.95. The number of carbonyl (C=O) groups excluding carboxylic acids is 1. The molecule has 2 nitrogen and oxygen atoms in total. The molecule has 0 radical (unpaired) electrons. The van der Waals surface area contributed by atoms with Gasteiger partial charge in [-0.1, -0.05) is 42.5 Å². The van der Waals surface area contributed by atoms with Crippen molar-refractivity contribution >= 4 is 5.78 Å². The second-order valence-corrected chi connectivity index (χ2v) is 5.18. The van der Waals surface area contributed by atoms with Crippen LogP contribution in [0.4, 0.5) is 0 Å². The molecule has 0 aliphatic carbocycles. The molecule has 102 valence electrons. The Hall–Kier alpha value is -2.09. The van der Waals surface area contributed by atoms with Gasteiger partial charge < -0.3 is 4.74 Å². The van der Waals surface area contributed by atoms with Crippen LogP contribution in [0, 0.1) is 0 Å². The van der Waals surface area contributed by atoms with Gasteiger partial charge >= 0.3 is 0 Å². The van der Waals surface area contributed by atoms with E-state index in [0.717, 1.165) is 37.2 Å². The first kappa shape index (κ1) is 12.9.